The Bertz CT molecular complexity index is 851. The number of amides is 1. The zero-order valence-corrected chi connectivity index (χ0v) is 17.6. The van der Waals surface area contributed by atoms with Gasteiger partial charge in [0.25, 0.3) is 0 Å². The zero-order valence-electron chi connectivity index (χ0n) is 16.7. The molecule has 1 heterocycles. The molecule has 6 nitrogen and oxygen atoms in total. The minimum Gasteiger partial charge on any atom is -0.486 e. The normalized spacial score (nSPS) is 15.2. The quantitative estimate of drug-likeness (QED) is 0.613. The molecule has 0 unspecified atom stereocenters. The zero-order chi connectivity index (χ0) is 21.6. The highest BCUT2D eigenvalue weighted by atomic mass is 32.2. The number of ether oxygens (including phenoxy) is 1. The number of hydrogen-bond acceptors (Lipinski definition) is 5. The number of nitrogens with zero attached hydrogens (tertiary/aromatic N) is 3. The lowest BCUT2D eigenvalue weighted by Crippen LogP contribution is -2.37. The molecule has 0 saturated heterocycles. The Morgan fingerprint density at radius 2 is 2.03 bits per heavy atom. The van der Waals surface area contributed by atoms with Crippen molar-refractivity contribution in [3.8, 4) is 5.75 Å². The van der Waals surface area contributed by atoms with Crippen molar-refractivity contribution in [1.82, 2.24) is 20.1 Å². The molecule has 10 heteroatoms. The lowest BCUT2D eigenvalue weighted by atomic mass is 9.95. The van der Waals surface area contributed by atoms with Gasteiger partial charge in [0.1, 0.15) is 12.4 Å². The van der Waals surface area contributed by atoms with Crippen LogP contribution in [0.3, 0.4) is 0 Å². The third-order valence-electron chi connectivity index (χ3n) is 4.94. The van der Waals surface area contributed by atoms with Crippen LogP contribution < -0.4 is 10.1 Å². The Balaban J connectivity index is 1.55. The van der Waals surface area contributed by atoms with Crippen molar-refractivity contribution in [2.75, 3.05) is 5.75 Å². The third-order valence-corrected chi connectivity index (χ3v) is 5.91. The van der Waals surface area contributed by atoms with Crippen LogP contribution in [-0.2, 0) is 24.1 Å². The molecule has 1 aromatic carbocycles. The van der Waals surface area contributed by atoms with Crippen molar-refractivity contribution >= 4 is 17.7 Å². The highest BCUT2D eigenvalue weighted by Crippen LogP contribution is 2.31. The van der Waals surface area contributed by atoms with E-state index in [0.29, 0.717) is 17.5 Å². The molecule has 0 bridgehead atoms. The van der Waals surface area contributed by atoms with E-state index in [-0.39, 0.29) is 30.1 Å². The molecule has 1 saturated carbocycles. The summed E-state index contributed by atoms with van der Waals surface area (Å²) in [5.41, 5.74) is -0.766. The maximum Gasteiger partial charge on any atom is 0.416 e. The van der Waals surface area contributed by atoms with Crippen molar-refractivity contribution in [3.05, 3.63) is 35.7 Å². The predicted octanol–water partition coefficient (Wildman–Crippen LogP) is 4.44. The third kappa shape index (κ3) is 6.13. The summed E-state index contributed by atoms with van der Waals surface area (Å²) in [6.45, 7) is 2.45. The Morgan fingerprint density at radius 1 is 1.27 bits per heavy atom. The first-order valence-corrected chi connectivity index (χ1v) is 11.0. The molecule has 1 aliphatic rings. The summed E-state index contributed by atoms with van der Waals surface area (Å²) in [5, 5.41) is 11.8. The molecule has 1 N–H and O–H groups in total. The van der Waals surface area contributed by atoms with Crippen LogP contribution in [0, 0.1) is 0 Å². The van der Waals surface area contributed by atoms with Gasteiger partial charge >= 0.3 is 6.18 Å². The number of halogens is 3. The SMILES string of the molecule is CCn1c(COc2cccc(C(F)(F)F)c2)nnc1SCC(=O)NC1CCCCC1. The van der Waals surface area contributed by atoms with Crippen LogP contribution in [0.15, 0.2) is 29.4 Å². The Morgan fingerprint density at radius 3 is 2.73 bits per heavy atom. The number of alkyl halides is 3. The fourth-order valence-electron chi connectivity index (χ4n) is 3.41. The summed E-state index contributed by atoms with van der Waals surface area (Å²) < 4.78 is 45.8. The minimum atomic E-state index is -4.43. The van der Waals surface area contributed by atoms with Gasteiger partial charge in [0.05, 0.1) is 11.3 Å². The maximum atomic E-state index is 12.8. The molecular formula is C20H25F3N4O2S. The fourth-order valence-corrected chi connectivity index (χ4v) is 4.24. The lowest BCUT2D eigenvalue weighted by molar-refractivity contribution is -0.137. The van der Waals surface area contributed by atoms with Gasteiger partial charge in [0.15, 0.2) is 11.0 Å². The monoisotopic (exact) mass is 442 g/mol. The van der Waals surface area contributed by atoms with E-state index in [9.17, 15) is 18.0 Å². The average molecular weight is 443 g/mol. The molecule has 0 radical (unpaired) electrons. The van der Waals surface area contributed by atoms with Crippen LogP contribution in [0.25, 0.3) is 0 Å². The van der Waals surface area contributed by atoms with Crippen molar-refractivity contribution in [2.45, 2.75) is 69.6 Å². The van der Waals surface area contributed by atoms with Gasteiger partial charge in [0, 0.05) is 12.6 Å². The molecular weight excluding hydrogens is 417 g/mol. The summed E-state index contributed by atoms with van der Waals surface area (Å²) in [6, 6.07) is 4.97. The largest absolute Gasteiger partial charge is 0.486 e. The van der Waals surface area contributed by atoms with Crippen LogP contribution >= 0.6 is 11.8 Å². The highest BCUT2D eigenvalue weighted by Gasteiger charge is 2.30. The number of thioether (sulfide) groups is 1. The number of nitrogens with one attached hydrogen (secondary N) is 1. The van der Waals surface area contributed by atoms with E-state index in [0.717, 1.165) is 37.8 Å². The second-order valence-electron chi connectivity index (χ2n) is 7.15. The van der Waals surface area contributed by atoms with Gasteiger partial charge in [-0.25, -0.2) is 0 Å². The molecule has 30 heavy (non-hydrogen) atoms. The molecule has 0 spiro atoms. The van der Waals surface area contributed by atoms with Crippen LogP contribution in [0.1, 0.15) is 50.4 Å². The first-order chi connectivity index (χ1) is 14.4. The van der Waals surface area contributed by atoms with Gasteiger partial charge in [-0.3, -0.25) is 4.79 Å². The topological polar surface area (TPSA) is 69.0 Å². The number of hydrogen-bond donors (Lipinski definition) is 1. The number of rotatable bonds is 8. The second kappa shape index (κ2) is 10.2. The molecule has 1 aromatic heterocycles. The molecule has 1 fully saturated rings. The summed E-state index contributed by atoms with van der Waals surface area (Å²) in [6.07, 6.45) is 1.16. The highest BCUT2D eigenvalue weighted by molar-refractivity contribution is 7.99. The van der Waals surface area contributed by atoms with E-state index in [4.69, 9.17) is 4.74 Å². The van der Waals surface area contributed by atoms with Crippen LogP contribution in [0.4, 0.5) is 13.2 Å². The molecule has 1 amide bonds. The van der Waals surface area contributed by atoms with Crippen molar-refractivity contribution < 1.29 is 22.7 Å². The molecule has 164 valence electrons. The summed E-state index contributed by atoms with van der Waals surface area (Å²) in [7, 11) is 0. The van der Waals surface area contributed by atoms with E-state index in [1.165, 1.54) is 30.3 Å². The summed E-state index contributed by atoms with van der Waals surface area (Å²) in [4.78, 5) is 12.2. The van der Waals surface area contributed by atoms with Crippen molar-refractivity contribution in [3.63, 3.8) is 0 Å². The fraction of sp³-hybridized carbons (Fsp3) is 0.550. The molecule has 0 aliphatic heterocycles. The standard InChI is InChI=1S/C20H25F3N4O2S/c1-2-27-17(12-29-16-10-6-7-14(11-16)20(21,22)23)25-26-19(27)30-13-18(28)24-15-8-4-3-5-9-15/h6-7,10-11,15H,2-5,8-9,12-13H2,1H3,(H,24,28). The molecule has 2 aromatic rings. The average Bonchev–Trinajstić information content (AvgIpc) is 3.13. The van der Waals surface area contributed by atoms with Crippen LogP contribution in [0.5, 0.6) is 5.75 Å². The van der Waals surface area contributed by atoms with Gasteiger partial charge in [-0.1, -0.05) is 37.1 Å². The molecule has 0 atom stereocenters. The Hall–Kier alpha value is -2.23. The second-order valence-corrected chi connectivity index (χ2v) is 8.09. The van der Waals surface area contributed by atoms with E-state index in [1.807, 2.05) is 6.92 Å². The molecule has 3 rings (SSSR count). The van der Waals surface area contributed by atoms with Gasteiger partial charge in [-0.15, -0.1) is 10.2 Å². The van der Waals surface area contributed by atoms with E-state index in [2.05, 4.69) is 15.5 Å². The lowest BCUT2D eigenvalue weighted by Gasteiger charge is -2.22. The molecule has 1 aliphatic carbocycles. The Kier molecular flexibility index (Phi) is 7.63. The maximum absolute atomic E-state index is 12.8. The van der Waals surface area contributed by atoms with Gasteiger partial charge in [-0.05, 0) is 38.0 Å². The van der Waals surface area contributed by atoms with Gasteiger partial charge in [0.2, 0.25) is 5.91 Å². The van der Waals surface area contributed by atoms with E-state index < -0.39 is 11.7 Å². The number of carbonyl (C=O) groups excluding carboxylic acids is 1. The van der Waals surface area contributed by atoms with Crippen LogP contribution in [-0.4, -0.2) is 32.5 Å². The Labute approximate surface area is 177 Å². The van der Waals surface area contributed by atoms with E-state index >= 15 is 0 Å². The smallest absolute Gasteiger partial charge is 0.416 e. The number of carbonyl (C=O) groups is 1. The first-order valence-electron chi connectivity index (χ1n) is 10.0. The summed E-state index contributed by atoms with van der Waals surface area (Å²) >= 11 is 1.29. The van der Waals surface area contributed by atoms with Gasteiger partial charge in [-0.2, -0.15) is 13.2 Å². The van der Waals surface area contributed by atoms with E-state index in [1.54, 1.807) is 4.57 Å². The van der Waals surface area contributed by atoms with Crippen LogP contribution in [0.2, 0.25) is 0 Å². The summed E-state index contributed by atoms with van der Waals surface area (Å²) in [5.74, 6) is 0.810. The van der Waals surface area contributed by atoms with Crippen molar-refractivity contribution in [1.29, 1.82) is 0 Å². The van der Waals surface area contributed by atoms with Crippen molar-refractivity contribution in [2.24, 2.45) is 0 Å². The predicted molar refractivity (Wildman–Crippen MR) is 107 cm³/mol. The number of aromatic nitrogens is 3. The first kappa shape index (κ1) is 22.5. The minimum absolute atomic E-state index is 0.0169. The van der Waals surface area contributed by atoms with Gasteiger partial charge < -0.3 is 14.6 Å². The number of benzene rings is 1.